The number of fused-ring (bicyclic) bond motifs is 2. The Morgan fingerprint density at radius 1 is 1.25 bits per heavy atom. The molecule has 3 rings (SSSR count). The number of carbonyl (C=O) groups is 1. The number of nitrogens with two attached hydrogens (primary N) is 1. The zero-order valence-corrected chi connectivity index (χ0v) is 11.9. The van der Waals surface area contributed by atoms with Gasteiger partial charge in [-0.25, -0.2) is 8.42 Å². The number of primary amides is 1. The lowest BCUT2D eigenvalue weighted by atomic mass is 9.92. The molecule has 1 fully saturated rings. The predicted octanol–water partition coefficient (Wildman–Crippen LogP) is 1.91. The van der Waals surface area contributed by atoms with Crippen LogP contribution in [0.25, 0.3) is 5.57 Å². The van der Waals surface area contributed by atoms with Crippen molar-refractivity contribution in [2.24, 2.45) is 5.73 Å². The Hall–Kier alpha value is -1.62. The van der Waals surface area contributed by atoms with E-state index in [0.29, 0.717) is 18.4 Å². The second-order valence-electron chi connectivity index (χ2n) is 5.52. The summed E-state index contributed by atoms with van der Waals surface area (Å²) >= 11 is 0. The molecule has 1 aromatic carbocycles. The van der Waals surface area contributed by atoms with Crippen molar-refractivity contribution in [2.45, 2.75) is 36.2 Å². The lowest BCUT2D eigenvalue weighted by Gasteiger charge is -2.33. The molecule has 2 aliphatic heterocycles. The Morgan fingerprint density at radius 2 is 2.05 bits per heavy atom. The van der Waals surface area contributed by atoms with Crippen molar-refractivity contribution in [1.29, 1.82) is 0 Å². The molecule has 2 heterocycles. The van der Waals surface area contributed by atoms with Crippen LogP contribution in [0, 0.1) is 0 Å². The van der Waals surface area contributed by atoms with Crippen LogP contribution in [0.3, 0.4) is 0 Å². The third-order valence-electron chi connectivity index (χ3n) is 4.25. The minimum Gasteiger partial charge on any atom is -0.366 e. The van der Waals surface area contributed by atoms with Crippen molar-refractivity contribution in [3.05, 3.63) is 41.5 Å². The summed E-state index contributed by atoms with van der Waals surface area (Å²) in [5, 5.41) is -0.624. The van der Waals surface area contributed by atoms with E-state index in [4.69, 9.17) is 5.73 Å². The standard InChI is InChI=1S/C15H17NO3S/c16-15(17)11-4-1-3-10(7-11)12-8-13-5-2-6-14(9-12)20(13,18)19/h1,3-4,7-8,13-14H,2,5-6,9H2,(H2,16,17). The quantitative estimate of drug-likeness (QED) is 0.904. The average Bonchev–Trinajstić information content (AvgIpc) is 2.37. The van der Waals surface area contributed by atoms with E-state index in [1.807, 2.05) is 12.1 Å². The maximum absolute atomic E-state index is 12.2. The number of hydrogen-bond acceptors (Lipinski definition) is 3. The van der Waals surface area contributed by atoms with Crippen LogP contribution in [0.1, 0.15) is 41.6 Å². The van der Waals surface area contributed by atoms with Gasteiger partial charge in [0.2, 0.25) is 5.91 Å². The first-order valence-electron chi connectivity index (χ1n) is 6.82. The highest BCUT2D eigenvalue weighted by atomic mass is 32.2. The molecule has 1 amide bonds. The minimum atomic E-state index is -3.00. The molecule has 2 N–H and O–H groups in total. The second kappa shape index (κ2) is 4.74. The summed E-state index contributed by atoms with van der Waals surface area (Å²) in [6.45, 7) is 0. The lowest BCUT2D eigenvalue weighted by Crippen LogP contribution is -2.38. The van der Waals surface area contributed by atoms with Crippen molar-refractivity contribution in [2.75, 3.05) is 0 Å². The number of amides is 1. The summed E-state index contributed by atoms with van der Waals surface area (Å²) in [4.78, 5) is 11.2. The maximum Gasteiger partial charge on any atom is 0.248 e. The summed E-state index contributed by atoms with van der Waals surface area (Å²) in [5.74, 6) is -0.462. The molecule has 2 unspecified atom stereocenters. The minimum absolute atomic E-state index is 0.265. The van der Waals surface area contributed by atoms with Crippen molar-refractivity contribution in [3.63, 3.8) is 0 Å². The van der Waals surface area contributed by atoms with Gasteiger partial charge in [0.25, 0.3) is 0 Å². The molecule has 2 atom stereocenters. The third kappa shape index (κ3) is 2.16. The van der Waals surface area contributed by atoms with E-state index in [9.17, 15) is 13.2 Å². The van der Waals surface area contributed by atoms with Gasteiger partial charge in [-0.15, -0.1) is 0 Å². The van der Waals surface area contributed by atoms with E-state index >= 15 is 0 Å². The SMILES string of the molecule is NC(=O)c1cccc(C2=CC3CCCC(C2)S3(=O)=O)c1. The summed E-state index contributed by atoms with van der Waals surface area (Å²) < 4.78 is 24.5. The topological polar surface area (TPSA) is 77.2 Å². The molecule has 0 spiro atoms. The molecule has 0 aromatic heterocycles. The van der Waals surface area contributed by atoms with Gasteiger partial charge in [0.15, 0.2) is 9.84 Å². The fraction of sp³-hybridized carbons (Fsp3) is 0.400. The highest BCUT2D eigenvalue weighted by Gasteiger charge is 2.40. The molecule has 1 aromatic rings. The van der Waals surface area contributed by atoms with Crippen LogP contribution in [0.2, 0.25) is 0 Å². The Morgan fingerprint density at radius 3 is 2.75 bits per heavy atom. The van der Waals surface area contributed by atoms with Gasteiger partial charge >= 0.3 is 0 Å². The molecule has 5 heteroatoms. The molecule has 0 aliphatic carbocycles. The summed E-state index contributed by atoms with van der Waals surface area (Å²) in [6, 6.07) is 7.12. The highest BCUT2D eigenvalue weighted by Crippen LogP contribution is 2.39. The van der Waals surface area contributed by atoms with Crippen molar-refractivity contribution < 1.29 is 13.2 Å². The fourth-order valence-electron chi connectivity index (χ4n) is 3.14. The molecule has 106 valence electrons. The Balaban J connectivity index is 2.02. The van der Waals surface area contributed by atoms with E-state index in [0.717, 1.165) is 24.0 Å². The molecule has 1 saturated heterocycles. The predicted molar refractivity (Wildman–Crippen MR) is 77.9 cm³/mol. The Bertz CT molecular complexity index is 691. The third-order valence-corrected chi connectivity index (χ3v) is 6.80. The fourth-order valence-corrected chi connectivity index (χ4v) is 5.39. The van der Waals surface area contributed by atoms with Crippen LogP contribution < -0.4 is 5.73 Å². The normalized spacial score (nSPS) is 27.7. The maximum atomic E-state index is 12.2. The van der Waals surface area contributed by atoms with Gasteiger partial charge in [-0.3, -0.25) is 4.79 Å². The molecule has 0 radical (unpaired) electrons. The van der Waals surface area contributed by atoms with E-state index < -0.39 is 15.7 Å². The molecule has 2 aliphatic rings. The van der Waals surface area contributed by atoms with E-state index in [1.165, 1.54) is 0 Å². The van der Waals surface area contributed by atoms with Crippen molar-refractivity contribution in [3.8, 4) is 0 Å². The van der Waals surface area contributed by atoms with Gasteiger partial charge in [0, 0.05) is 5.56 Å². The van der Waals surface area contributed by atoms with Crippen LogP contribution in [0.4, 0.5) is 0 Å². The molecular weight excluding hydrogens is 274 g/mol. The lowest BCUT2D eigenvalue weighted by molar-refractivity contribution is 0.1000. The van der Waals surface area contributed by atoms with Crippen LogP contribution in [-0.2, 0) is 9.84 Å². The van der Waals surface area contributed by atoms with Crippen LogP contribution >= 0.6 is 0 Å². The first-order valence-corrected chi connectivity index (χ1v) is 8.43. The van der Waals surface area contributed by atoms with Gasteiger partial charge in [-0.1, -0.05) is 24.6 Å². The van der Waals surface area contributed by atoms with E-state index in [2.05, 4.69) is 0 Å². The van der Waals surface area contributed by atoms with Crippen LogP contribution in [0.5, 0.6) is 0 Å². The van der Waals surface area contributed by atoms with Gasteiger partial charge < -0.3 is 5.73 Å². The molecule has 0 saturated carbocycles. The number of allylic oxidation sites excluding steroid dienone is 1. The molecular formula is C15H17NO3S. The van der Waals surface area contributed by atoms with Crippen molar-refractivity contribution >= 4 is 21.3 Å². The first-order chi connectivity index (χ1) is 9.48. The molecule has 4 nitrogen and oxygen atoms in total. The zero-order chi connectivity index (χ0) is 14.3. The zero-order valence-electron chi connectivity index (χ0n) is 11.1. The van der Waals surface area contributed by atoms with Gasteiger partial charge in [-0.2, -0.15) is 0 Å². The van der Waals surface area contributed by atoms with E-state index in [-0.39, 0.29) is 10.5 Å². The smallest absolute Gasteiger partial charge is 0.248 e. The second-order valence-corrected chi connectivity index (χ2v) is 7.97. The number of carbonyl (C=O) groups excluding carboxylic acids is 1. The van der Waals surface area contributed by atoms with Crippen LogP contribution in [0.15, 0.2) is 30.3 Å². The molecule has 2 bridgehead atoms. The largest absolute Gasteiger partial charge is 0.366 e. The number of rotatable bonds is 2. The Labute approximate surface area is 118 Å². The number of sulfone groups is 1. The Kier molecular flexibility index (Phi) is 3.17. The number of benzene rings is 1. The number of hydrogen-bond donors (Lipinski definition) is 1. The van der Waals surface area contributed by atoms with E-state index in [1.54, 1.807) is 18.2 Å². The summed E-state index contributed by atoms with van der Waals surface area (Å²) in [5.41, 5.74) is 7.69. The van der Waals surface area contributed by atoms with Crippen molar-refractivity contribution in [1.82, 2.24) is 0 Å². The molecule has 20 heavy (non-hydrogen) atoms. The summed E-state index contributed by atoms with van der Waals surface area (Å²) in [6.07, 6.45) is 4.83. The van der Waals surface area contributed by atoms with Gasteiger partial charge in [0.05, 0.1) is 10.5 Å². The summed E-state index contributed by atoms with van der Waals surface area (Å²) in [7, 11) is -3.00. The van der Waals surface area contributed by atoms with Gasteiger partial charge in [-0.05, 0) is 42.5 Å². The average molecular weight is 291 g/mol. The van der Waals surface area contributed by atoms with Crippen LogP contribution in [-0.4, -0.2) is 24.8 Å². The van der Waals surface area contributed by atoms with Gasteiger partial charge in [0.1, 0.15) is 0 Å². The first kappa shape index (κ1) is 13.4. The monoisotopic (exact) mass is 291 g/mol. The highest BCUT2D eigenvalue weighted by molar-refractivity contribution is 7.93.